The molecule has 0 radical (unpaired) electrons. The monoisotopic (exact) mass is 288 g/mol. The molecule has 20 heavy (non-hydrogen) atoms. The van der Waals surface area contributed by atoms with E-state index in [9.17, 15) is 0 Å². The number of hydrogen-bond donors (Lipinski definition) is 2. The van der Waals surface area contributed by atoms with Crippen LogP contribution < -0.4 is 11.1 Å². The molecule has 0 unspecified atom stereocenters. The van der Waals surface area contributed by atoms with E-state index < -0.39 is 0 Å². The highest BCUT2D eigenvalue weighted by Crippen LogP contribution is 2.40. The van der Waals surface area contributed by atoms with Crippen molar-refractivity contribution in [2.45, 2.75) is 25.8 Å². The lowest BCUT2D eigenvalue weighted by atomic mass is 10.1. The molecule has 1 fully saturated rings. The lowest BCUT2D eigenvalue weighted by Crippen LogP contribution is -2.13. The van der Waals surface area contributed by atoms with Gasteiger partial charge in [0.25, 0.3) is 0 Å². The van der Waals surface area contributed by atoms with Gasteiger partial charge in [0.05, 0.1) is 16.9 Å². The van der Waals surface area contributed by atoms with Crippen molar-refractivity contribution in [3.05, 3.63) is 46.9 Å². The van der Waals surface area contributed by atoms with Crippen molar-refractivity contribution in [1.82, 2.24) is 9.97 Å². The van der Waals surface area contributed by atoms with E-state index in [0.717, 1.165) is 16.9 Å². The van der Waals surface area contributed by atoms with Crippen molar-refractivity contribution in [3.8, 4) is 0 Å². The van der Waals surface area contributed by atoms with Crippen LogP contribution in [0.5, 0.6) is 0 Å². The van der Waals surface area contributed by atoms with Gasteiger partial charge in [0.15, 0.2) is 0 Å². The average Bonchev–Trinajstić information content (AvgIpc) is 3.27. The molecule has 1 aliphatic rings. The van der Waals surface area contributed by atoms with Crippen LogP contribution in [0.3, 0.4) is 0 Å². The zero-order chi connectivity index (χ0) is 14.1. The summed E-state index contributed by atoms with van der Waals surface area (Å²) in [5.41, 5.74) is 9.00. The minimum Gasteiger partial charge on any atom is -0.338 e. The van der Waals surface area contributed by atoms with Crippen LogP contribution >= 0.6 is 11.6 Å². The highest BCUT2D eigenvalue weighted by molar-refractivity contribution is 6.33. The molecule has 0 amide bonds. The number of hydrogen-bond acceptors (Lipinski definition) is 4. The van der Waals surface area contributed by atoms with Crippen LogP contribution in [-0.4, -0.2) is 9.97 Å². The lowest BCUT2D eigenvalue weighted by molar-refractivity contribution is 0.631. The van der Waals surface area contributed by atoms with E-state index in [4.69, 9.17) is 17.3 Å². The Morgan fingerprint density at radius 1 is 1.30 bits per heavy atom. The van der Waals surface area contributed by atoms with Crippen LogP contribution in [0.1, 0.15) is 30.1 Å². The van der Waals surface area contributed by atoms with Gasteiger partial charge in [-0.1, -0.05) is 11.6 Å². The van der Waals surface area contributed by atoms with Gasteiger partial charge in [-0.2, -0.15) is 0 Å². The number of nitrogens with two attached hydrogens (primary N) is 1. The molecule has 0 bridgehead atoms. The molecule has 5 heteroatoms. The molecular weight excluding hydrogens is 272 g/mol. The predicted octanol–water partition coefficient (Wildman–Crippen LogP) is 3.59. The summed E-state index contributed by atoms with van der Waals surface area (Å²) < 4.78 is 0. The fourth-order valence-electron chi connectivity index (χ4n) is 2.13. The molecule has 104 valence electrons. The van der Waals surface area contributed by atoms with E-state index in [2.05, 4.69) is 15.3 Å². The SMILES string of the molecule is Cc1ccc(Nc2ncc([C@H](N)C3CC3)cc2Cl)cn1. The molecule has 0 aromatic carbocycles. The summed E-state index contributed by atoms with van der Waals surface area (Å²) in [4.78, 5) is 8.61. The van der Waals surface area contributed by atoms with Crippen molar-refractivity contribution in [2.75, 3.05) is 5.32 Å². The van der Waals surface area contributed by atoms with Crippen LogP contribution in [0.25, 0.3) is 0 Å². The second kappa shape index (κ2) is 5.38. The van der Waals surface area contributed by atoms with Crippen molar-refractivity contribution in [1.29, 1.82) is 0 Å². The minimum atomic E-state index is 0.0510. The van der Waals surface area contributed by atoms with Crippen LogP contribution in [-0.2, 0) is 0 Å². The second-order valence-electron chi connectivity index (χ2n) is 5.28. The van der Waals surface area contributed by atoms with E-state index in [1.165, 1.54) is 12.8 Å². The summed E-state index contributed by atoms with van der Waals surface area (Å²) in [5, 5.41) is 3.75. The third-order valence-electron chi connectivity index (χ3n) is 3.55. The van der Waals surface area contributed by atoms with E-state index >= 15 is 0 Å². The number of aryl methyl sites for hydroxylation is 1. The summed E-state index contributed by atoms with van der Waals surface area (Å²) in [6.45, 7) is 1.95. The van der Waals surface area contributed by atoms with E-state index in [1.807, 2.05) is 25.1 Å². The summed E-state index contributed by atoms with van der Waals surface area (Å²) in [7, 11) is 0. The molecule has 1 atom stereocenters. The molecule has 3 N–H and O–H groups in total. The highest BCUT2D eigenvalue weighted by atomic mass is 35.5. The van der Waals surface area contributed by atoms with Crippen molar-refractivity contribution in [2.24, 2.45) is 11.7 Å². The van der Waals surface area contributed by atoms with Gasteiger partial charge >= 0.3 is 0 Å². The molecule has 1 aliphatic carbocycles. The maximum Gasteiger partial charge on any atom is 0.149 e. The van der Waals surface area contributed by atoms with Crippen LogP contribution in [0.2, 0.25) is 5.02 Å². The number of nitrogens with zero attached hydrogens (tertiary/aromatic N) is 2. The van der Waals surface area contributed by atoms with Crippen molar-refractivity contribution in [3.63, 3.8) is 0 Å². The Labute approximate surface area is 123 Å². The van der Waals surface area contributed by atoms with E-state index in [-0.39, 0.29) is 6.04 Å². The molecule has 4 nitrogen and oxygen atoms in total. The van der Waals surface area contributed by atoms with Crippen molar-refractivity contribution >= 4 is 23.1 Å². The Kier molecular flexibility index (Phi) is 3.59. The Morgan fingerprint density at radius 2 is 2.10 bits per heavy atom. The van der Waals surface area contributed by atoms with Gasteiger partial charge in [-0.3, -0.25) is 4.98 Å². The Balaban J connectivity index is 1.78. The first-order valence-electron chi connectivity index (χ1n) is 6.74. The lowest BCUT2D eigenvalue weighted by Gasteiger charge is -2.13. The number of pyridine rings is 2. The van der Waals surface area contributed by atoms with Gasteiger partial charge in [0.2, 0.25) is 0 Å². The van der Waals surface area contributed by atoms with Gasteiger partial charge in [0.1, 0.15) is 5.82 Å². The molecule has 1 saturated carbocycles. The molecular formula is C15H17ClN4. The number of halogens is 1. The third-order valence-corrected chi connectivity index (χ3v) is 3.84. The first kappa shape index (κ1) is 13.3. The summed E-state index contributed by atoms with van der Waals surface area (Å²) in [6.07, 6.45) is 5.97. The van der Waals surface area contributed by atoms with Gasteiger partial charge in [0, 0.05) is 17.9 Å². The standard InChI is InChI=1S/C15H17ClN4/c1-9-2-5-12(8-18-9)20-15-13(16)6-11(7-19-15)14(17)10-3-4-10/h2,5-8,10,14H,3-4,17H2,1H3,(H,19,20)/t14-/m1/s1. The molecule has 0 aliphatic heterocycles. The fraction of sp³-hybridized carbons (Fsp3) is 0.333. The maximum absolute atomic E-state index is 6.28. The van der Waals surface area contributed by atoms with Gasteiger partial charge < -0.3 is 11.1 Å². The quantitative estimate of drug-likeness (QED) is 0.902. The Bertz CT molecular complexity index is 608. The second-order valence-corrected chi connectivity index (χ2v) is 5.68. The summed E-state index contributed by atoms with van der Waals surface area (Å²) in [6, 6.07) is 5.84. The van der Waals surface area contributed by atoms with Crippen LogP contribution in [0.15, 0.2) is 30.6 Å². The molecule has 0 saturated heterocycles. The van der Waals surface area contributed by atoms with Crippen LogP contribution in [0.4, 0.5) is 11.5 Å². The predicted molar refractivity (Wildman–Crippen MR) is 81.2 cm³/mol. The first-order valence-corrected chi connectivity index (χ1v) is 7.12. The fourth-order valence-corrected chi connectivity index (χ4v) is 2.35. The number of aromatic nitrogens is 2. The number of rotatable bonds is 4. The van der Waals surface area contributed by atoms with Gasteiger partial charge in [-0.15, -0.1) is 0 Å². The Hall–Kier alpha value is -1.65. The minimum absolute atomic E-state index is 0.0510. The zero-order valence-corrected chi connectivity index (χ0v) is 12.1. The van der Waals surface area contributed by atoms with Crippen molar-refractivity contribution < 1.29 is 0 Å². The molecule has 3 rings (SSSR count). The third kappa shape index (κ3) is 2.92. The highest BCUT2D eigenvalue weighted by Gasteiger charge is 2.29. The van der Waals surface area contributed by atoms with Gasteiger partial charge in [-0.05, 0) is 49.4 Å². The van der Waals surface area contributed by atoms with E-state index in [1.54, 1.807) is 12.4 Å². The zero-order valence-electron chi connectivity index (χ0n) is 11.3. The molecule has 2 aromatic heterocycles. The maximum atomic E-state index is 6.28. The molecule has 2 aromatic rings. The molecule has 0 spiro atoms. The normalized spacial score (nSPS) is 15.9. The largest absolute Gasteiger partial charge is 0.338 e. The smallest absolute Gasteiger partial charge is 0.149 e. The topological polar surface area (TPSA) is 63.8 Å². The summed E-state index contributed by atoms with van der Waals surface area (Å²) >= 11 is 6.28. The first-order chi connectivity index (χ1) is 9.63. The molecule has 2 heterocycles. The van der Waals surface area contributed by atoms with E-state index in [0.29, 0.717) is 16.8 Å². The Morgan fingerprint density at radius 3 is 2.70 bits per heavy atom. The van der Waals surface area contributed by atoms with Gasteiger partial charge in [-0.25, -0.2) is 4.98 Å². The van der Waals surface area contributed by atoms with Crippen LogP contribution in [0, 0.1) is 12.8 Å². The summed E-state index contributed by atoms with van der Waals surface area (Å²) in [5.74, 6) is 1.22. The average molecular weight is 289 g/mol. The number of nitrogens with one attached hydrogen (secondary N) is 1. The number of anilines is 2.